The van der Waals surface area contributed by atoms with Gasteiger partial charge in [0.25, 0.3) is 0 Å². The normalized spacial score (nSPS) is 10.2. The first kappa shape index (κ1) is 15.7. The van der Waals surface area contributed by atoms with Gasteiger partial charge >= 0.3 is 5.97 Å². The van der Waals surface area contributed by atoms with Crippen molar-refractivity contribution in [1.82, 2.24) is 5.32 Å². The van der Waals surface area contributed by atoms with Gasteiger partial charge in [0.15, 0.2) is 0 Å². The monoisotopic (exact) mass is 329 g/mol. The molecule has 5 nitrogen and oxygen atoms in total. The second-order valence-electron chi connectivity index (χ2n) is 3.92. The zero-order valence-electron chi connectivity index (χ0n) is 10.4. The van der Waals surface area contributed by atoms with Gasteiger partial charge in [0.05, 0.1) is 6.61 Å². The van der Waals surface area contributed by atoms with Gasteiger partial charge in [-0.25, -0.2) is 4.79 Å². The van der Waals surface area contributed by atoms with Crippen molar-refractivity contribution in [3.8, 4) is 0 Å². The van der Waals surface area contributed by atoms with Crippen molar-refractivity contribution in [3.05, 3.63) is 34.3 Å². The average Bonchev–Trinajstić information content (AvgIpc) is 2.37. The minimum atomic E-state index is -1.01. The molecule has 0 saturated heterocycles. The summed E-state index contributed by atoms with van der Waals surface area (Å²) in [6.45, 7) is 0.192. The number of benzene rings is 1. The molecule has 0 aliphatic rings. The lowest BCUT2D eigenvalue weighted by atomic mass is 10.1. The highest BCUT2D eigenvalue weighted by atomic mass is 79.9. The summed E-state index contributed by atoms with van der Waals surface area (Å²) < 4.78 is 5.81. The molecule has 19 heavy (non-hydrogen) atoms. The van der Waals surface area contributed by atoms with Crippen LogP contribution in [0.25, 0.3) is 0 Å². The number of carbonyl (C=O) groups excluding carboxylic acids is 1. The maximum absolute atomic E-state index is 11.5. The number of hydrogen-bond donors (Lipinski definition) is 2. The second-order valence-corrected chi connectivity index (χ2v) is 4.84. The first-order valence-electron chi connectivity index (χ1n) is 5.88. The minimum absolute atomic E-state index is 0.0677. The number of amides is 1. The maximum atomic E-state index is 11.5. The van der Waals surface area contributed by atoms with E-state index in [0.717, 1.165) is 10.0 Å². The van der Waals surface area contributed by atoms with E-state index in [-0.39, 0.29) is 19.1 Å². The Bertz CT molecular complexity index is 419. The van der Waals surface area contributed by atoms with E-state index in [4.69, 9.17) is 9.84 Å². The van der Waals surface area contributed by atoms with E-state index in [1.807, 2.05) is 24.3 Å². The topological polar surface area (TPSA) is 75.6 Å². The van der Waals surface area contributed by atoms with Crippen LogP contribution < -0.4 is 5.32 Å². The highest BCUT2D eigenvalue weighted by Crippen LogP contribution is 2.11. The molecule has 0 aliphatic carbocycles. The van der Waals surface area contributed by atoms with Crippen LogP contribution in [-0.4, -0.2) is 36.7 Å². The zero-order chi connectivity index (χ0) is 14.1. The lowest BCUT2D eigenvalue weighted by Crippen LogP contribution is -2.28. The molecule has 0 bridgehead atoms. The number of nitrogens with one attached hydrogen (secondary N) is 1. The van der Waals surface area contributed by atoms with Crippen LogP contribution in [0.4, 0.5) is 0 Å². The number of carboxylic acid groups (broad SMARTS) is 1. The molecular formula is C13H16BrNO4. The molecule has 0 radical (unpaired) electrons. The van der Waals surface area contributed by atoms with E-state index in [0.29, 0.717) is 19.4 Å². The van der Waals surface area contributed by atoms with Gasteiger partial charge in [0.1, 0.15) is 6.61 Å². The number of aliphatic carboxylic acids is 1. The third-order valence-electron chi connectivity index (χ3n) is 2.35. The van der Waals surface area contributed by atoms with Gasteiger partial charge in [0, 0.05) is 17.4 Å². The van der Waals surface area contributed by atoms with Gasteiger partial charge in [-0.1, -0.05) is 28.1 Å². The quantitative estimate of drug-likeness (QED) is 0.710. The molecule has 0 heterocycles. The molecule has 0 saturated carbocycles. The predicted octanol–water partition coefficient (Wildman–Crippen LogP) is 1.60. The zero-order valence-corrected chi connectivity index (χ0v) is 12.0. The van der Waals surface area contributed by atoms with Gasteiger partial charge in [-0.3, -0.25) is 4.79 Å². The van der Waals surface area contributed by atoms with Crippen LogP contribution >= 0.6 is 15.9 Å². The summed E-state index contributed by atoms with van der Waals surface area (Å²) in [7, 11) is 0. The van der Waals surface area contributed by atoms with Crippen molar-refractivity contribution in [2.24, 2.45) is 0 Å². The predicted molar refractivity (Wildman–Crippen MR) is 73.9 cm³/mol. The molecule has 1 amide bonds. The number of carbonyl (C=O) groups is 2. The standard InChI is InChI=1S/C13H16BrNO4/c14-11-4-1-10(2-5-11)3-6-12(16)15-7-8-19-9-13(17)18/h1-2,4-5H,3,6-9H2,(H,15,16)(H,17,18). The summed E-state index contributed by atoms with van der Waals surface area (Å²) in [6.07, 6.45) is 1.08. The third-order valence-corrected chi connectivity index (χ3v) is 2.88. The van der Waals surface area contributed by atoms with Crippen molar-refractivity contribution in [2.45, 2.75) is 12.8 Å². The number of rotatable bonds is 8. The molecule has 0 fully saturated rings. The number of halogens is 1. The smallest absolute Gasteiger partial charge is 0.329 e. The molecule has 1 aromatic carbocycles. The van der Waals surface area contributed by atoms with Crippen molar-refractivity contribution in [1.29, 1.82) is 0 Å². The Morgan fingerprint density at radius 3 is 2.58 bits per heavy atom. The Labute approximate surface area is 120 Å². The first-order chi connectivity index (χ1) is 9.08. The molecule has 0 spiro atoms. The van der Waals surface area contributed by atoms with E-state index >= 15 is 0 Å². The summed E-state index contributed by atoms with van der Waals surface area (Å²) in [6, 6.07) is 7.81. The second kappa shape index (κ2) is 8.66. The number of ether oxygens (including phenoxy) is 1. The largest absolute Gasteiger partial charge is 0.480 e. The maximum Gasteiger partial charge on any atom is 0.329 e. The van der Waals surface area contributed by atoms with Crippen LogP contribution in [0, 0.1) is 0 Å². The van der Waals surface area contributed by atoms with Crippen LogP contribution in [0.3, 0.4) is 0 Å². The molecule has 0 aromatic heterocycles. The summed E-state index contributed by atoms with van der Waals surface area (Å²) in [5.41, 5.74) is 1.10. The van der Waals surface area contributed by atoms with Crippen molar-refractivity contribution >= 4 is 27.8 Å². The van der Waals surface area contributed by atoms with Gasteiger partial charge in [0.2, 0.25) is 5.91 Å². The molecule has 1 rings (SSSR count). The highest BCUT2D eigenvalue weighted by molar-refractivity contribution is 9.10. The average molecular weight is 330 g/mol. The van der Waals surface area contributed by atoms with E-state index in [1.54, 1.807) is 0 Å². The molecule has 0 aliphatic heterocycles. The van der Waals surface area contributed by atoms with Crippen LogP contribution in [0.2, 0.25) is 0 Å². The fourth-order valence-corrected chi connectivity index (χ4v) is 1.68. The third kappa shape index (κ3) is 7.58. The van der Waals surface area contributed by atoms with E-state index in [2.05, 4.69) is 21.2 Å². The first-order valence-corrected chi connectivity index (χ1v) is 6.68. The number of hydrogen-bond acceptors (Lipinski definition) is 3. The lowest BCUT2D eigenvalue weighted by Gasteiger charge is -2.05. The Kier molecular flexibility index (Phi) is 7.14. The fraction of sp³-hybridized carbons (Fsp3) is 0.385. The number of aryl methyl sites for hydroxylation is 1. The molecule has 104 valence electrons. The van der Waals surface area contributed by atoms with E-state index < -0.39 is 5.97 Å². The van der Waals surface area contributed by atoms with Gasteiger partial charge < -0.3 is 15.2 Å². The van der Waals surface area contributed by atoms with Gasteiger partial charge in [-0.05, 0) is 24.1 Å². The van der Waals surface area contributed by atoms with Crippen LogP contribution in [0.1, 0.15) is 12.0 Å². The summed E-state index contributed by atoms with van der Waals surface area (Å²) in [5, 5.41) is 11.0. The molecule has 1 aromatic rings. The lowest BCUT2D eigenvalue weighted by molar-refractivity contribution is -0.142. The van der Waals surface area contributed by atoms with Crippen LogP contribution in [0.5, 0.6) is 0 Å². The van der Waals surface area contributed by atoms with Gasteiger partial charge in [-0.15, -0.1) is 0 Å². The van der Waals surface area contributed by atoms with Crippen molar-refractivity contribution in [3.63, 3.8) is 0 Å². The Hall–Kier alpha value is -1.40. The Morgan fingerprint density at radius 1 is 1.26 bits per heavy atom. The SMILES string of the molecule is O=C(O)COCCNC(=O)CCc1ccc(Br)cc1. The van der Waals surface area contributed by atoms with E-state index in [1.165, 1.54) is 0 Å². The minimum Gasteiger partial charge on any atom is -0.480 e. The van der Waals surface area contributed by atoms with Crippen molar-refractivity contribution < 1.29 is 19.4 Å². The fourth-order valence-electron chi connectivity index (χ4n) is 1.42. The van der Waals surface area contributed by atoms with Crippen LogP contribution in [-0.2, 0) is 20.7 Å². The Morgan fingerprint density at radius 2 is 1.95 bits per heavy atom. The highest BCUT2D eigenvalue weighted by Gasteiger charge is 2.02. The summed E-state index contributed by atoms with van der Waals surface area (Å²) in [4.78, 5) is 21.7. The molecule has 2 N–H and O–H groups in total. The van der Waals surface area contributed by atoms with Crippen molar-refractivity contribution in [2.75, 3.05) is 19.8 Å². The molecule has 0 unspecified atom stereocenters. The number of carboxylic acids is 1. The molecular weight excluding hydrogens is 314 g/mol. The molecule has 6 heteroatoms. The van der Waals surface area contributed by atoms with Crippen LogP contribution in [0.15, 0.2) is 28.7 Å². The molecule has 0 atom stereocenters. The summed E-state index contributed by atoms with van der Waals surface area (Å²) >= 11 is 3.35. The van der Waals surface area contributed by atoms with Gasteiger partial charge in [-0.2, -0.15) is 0 Å². The summed E-state index contributed by atoms with van der Waals surface area (Å²) in [5.74, 6) is -1.08. The Balaban J connectivity index is 2.11. The van der Waals surface area contributed by atoms with E-state index in [9.17, 15) is 9.59 Å².